The second-order valence-corrected chi connectivity index (χ2v) is 3.48. The van der Waals surface area contributed by atoms with Crippen molar-refractivity contribution in [3.63, 3.8) is 0 Å². The van der Waals surface area contributed by atoms with Gasteiger partial charge in [-0.15, -0.1) is 0 Å². The number of rotatable bonds is 4. The van der Waals surface area contributed by atoms with E-state index in [0.717, 1.165) is 5.82 Å². The fourth-order valence-corrected chi connectivity index (χ4v) is 1.11. The van der Waals surface area contributed by atoms with E-state index in [-0.39, 0.29) is 12.5 Å². The van der Waals surface area contributed by atoms with Crippen molar-refractivity contribution < 1.29 is 9.53 Å². The number of aryl methyl sites for hydroxylation is 1. The first-order valence-electron chi connectivity index (χ1n) is 4.86. The lowest BCUT2D eigenvalue weighted by molar-refractivity contribution is -0.138. The Morgan fingerprint density at radius 3 is 2.75 bits per heavy atom. The summed E-state index contributed by atoms with van der Waals surface area (Å²) in [6.45, 7) is 1.90. The molecule has 16 heavy (non-hydrogen) atoms. The second-order valence-electron chi connectivity index (χ2n) is 3.48. The first kappa shape index (κ1) is 12.2. The van der Waals surface area contributed by atoms with Crippen LogP contribution in [0.15, 0.2) is 6.07 Å². The lowest BCUT2D eigenvalue weighted by Crippen LogP contribution is -2.17. The molecule has 1 rings (SSSR count). The van der Waals surface area contributed by atoms with Gasteiger partial charge in [0.1, 0.15) is 24.0 Å². The molecule has 88 valence electrons. The average molecular weight is 224 g/mol. The van der Waals surface area contributed by atoms with E-state index in [1.807, 2.05) is 19.0 Å². The van der Waals surface area contributed by atoms with Gasteiger partial charge in [-0.05, 0) is 6.92 Å². The highest BCUT2D eigenvalue weighted by atomic mass is 16.5. The van der Waals surface area contributed by atoms with E-state index in [1.165, 1.54) is 7.11 Å². The number of nitrogens with zero attached hydrogens (tertiary/aromatic N) is 3. The molecule has 0 saturated heterocycles. The van der Waals surface area contributed by atoms with Crippen LogP contribution in [-0.2, 0) is 9.53 Å². The second kappa shape index (κ2) is 5.29. The Balaban J connectivity index is 2.76. The van der Waals surface area contributed by atoms with Crippen LogP contribution in [0.2, 0.25) is 0 Å². The highest BCUT2D eigenvalue weighted by molar-refractivity contribution is 5.74. The van der Waals surface area contributed by atoms with Crippen LogP contribution < -0.4 is 10.2 Å². The van der Waals surface area contributed by atoms with Crippen molar-refractivity contribution >= 4 is 17.6 Å². The summed E-state index contributed by atoms with van der Waals surface area (Å²) >= 11 is 0. The van der Waals surface area contributed by atoms with Crippen LogP contribution in [0.25, 0.3) is 0 Å². The third kappa shape index (κ3) is 3.38. The molecule has 0 aliphatic heterocycles. The van der Waals surface area contributed by atoms with Gasteiger partial charge in [-0.3, -0.25) is 4.79 Å². The number of esters is 1. The Hall–Kier alpha value is -1.85. The van der Waals surface area contributed by atoms with Gasteiger partial charge < -0.3 is 15.0 Å². The first-order chi connectivity index (χ1) is 7.52. The van der Waals surface area contributed by atoms with Gasteiger partial charge in [-0.1, -0.05) is 0 Å². The summed E-state index contributed by atoms with van der Waals surface area (Å²) in [4.78, 5) is 21.2. The summed E-state index contributed by atoms with van der Waals surface area (Å²) in [7, 11) is 5.14. The molecule has 0 spiro atoms. The summed E-state index contributed by atoms with van der Waals surface area (Å²) in [5.41, 5.74) is 0. The van der Waals surface area contributed by atoms with Gasteiger partial charge in [0.05, 0.1) is 7.11 Å². The molecule has 0 atom stereocenters. The minimum Gasteiger partial charge on any atom is -0.468 e. The zero-order valence-electron chi connectivity index (χ0n) is 9.94. The van der Waals surface area contributed by atoms with Crippen LogP contribution >= 0.6 is 0 Å². The molecule has 6 heteroatoms. The van der Waals surface area contributed by atoms with Crippen molar-refractivity contribution in [2.45, 2.75) is 6.92 Å². The van der Waals surface area contributed by atoms with Crippen molar-refractivity contribution in [3.8, 4) is 0 Å². The fourth-order valence-electron chi connectivity index (χ4n) is 1.11. The maximum absolute atomic E-state index is 11.0. The number of methoxy groups -OCH3 is 1. The molecule has 1 heterocycles. The molecule has 0 unspecified atom stereocenters. The third-order valence-corrected chi connectivity index (χ3v) is 1.92. The predicted octanol–water partition coefficient (Wildman–Crippen LogP) is 0.436. The number of hydrogen-bond donors (Lipinski definition) is 1. The predicted molar refractivity (Wildman–Crippen MR) is 61.6 cm³/mol. The van der Waals surface area contributed by atoms with Crippen molar-refractivity contribution in [1.29, 1.82) is 0 Å². The summed E-state index contributed by atoms with van der Waals surface area (Å²) in [6.07, 6.45) is 0. The van der Waals surface area contributed by atoms with Crippen LogP contribution in [0.5, 0.6) is 0 Å². The van der Waals surface area contributed by atoms with Crippen LogP contribution in [0, 0.1) is 6.92 Å². The average Bonchev–Trinajstić information content (AvgIpc) is 2.25. The number of ether oxygens (including phenoxy) is 1. The number of aromatic nitrogens is 2. The van der Waals surface area contributed by atoms with Gasteiger partial charge >= 0.3 is 5.97 Å². The van der Waals surface area contributed by atoms with E-state index >= 15 is 0 Å². The number of nitrogens with one attached hydrogen (secondary N) is 1. The summed E-state index contributed by atoms with van der Waals surface area (Å²) in [5, 5.41) is 2.88. The molecule has 1 N–H and O–H groups in total. The van der Waals surface area contributed by atoms with E-state index in [0.29, 0.717) is 11.6 Å². The number of hydrogen-bond acceptors (Lipinski definition) is 6. The number of carbonyl (C=O) groups excluding carboxylic acids is 1. The van der Waals surface area contributed by atoms with E-state index in [4.69, 9.17) is 0 Å². The van der Waals surface area contributed by atoms with Crippen LogP contribution in [0.1, 0.15) is 5.82 Å². The molecule has 0 aliphatic rings. The maximum atomic E-state index is 11.0. The first-order valence-corrected chi connectivity index (χ1v) is 4.86. The molecule has 0 aliphatic carbocycles. The van der Waals surface area contributed by atoms with Gasteiger partial charge in [-0.25, -0.2) is 9.97 Å². The quantitative estimate of drug-likeness (QED) is 0.748. The molecular formula is C10H16N4O2. The largest absolute Gasteiger partial charge is 0.468 e. The molecule has 0 saturated carbocycles. The Labute approximate surface area is 94.6 Å². The summed E-state index contributed by atoms with van der Waals surface area (Å²) in [6, 6.07) is 1.77. The molecule has 0 radical (unpaired) electrons. The van der Waals surface area contributed by atoms with Crippen molar-refractivity contribution in [2.24, 2.45) is 0 Å². The van der Waals surface area contributed by atoms with Gasteiger partial charge in [0, 0.05) is 20.2 Å². The Morgan fingerprint density at radius 1 is 1.50 bits per heavy atom. The molecule has 6 nitrogen and oxygen atoms in total. The molecule has 0 aromatic carbocycles. The van der Waals surface area contributed by atoms with Crippen molar-refractivity contribution in [1.82, 2.24) is 9.97 Å². The van der Waals surface area contributed by atoms with E-state index in [9.17, 15) is 4.79 Å². The lowest BCUT2D eigenvalue weighted by atomic mass is 10.4. The molecule has 0 fully saturated rings. The highest BCUT2D eigenvalue weighted by Gasteiger charge is 2.05. The minimum atomic E-state index is -0.331. The standard InChI is InChI=1S/C10H16N4O2/c1-7-12-8(11-6-10(15)16-4)5-9(13-7)14(2)3/h5H,6H2,1-4H3,(H,11,12,13). The summed E-state index contributed by atoms with van der Waals surface area (Å²) < 4.78 is 4.52. The van der Waals surface area contributed by atoms with Crippen LogP contribution in [0.3, 0.4) is 0 Å². The Bertz CT molecular complexity index is 379. The monoisotopic (exact) mass is 224 g/mol. The zero-order chi connectivity index (χ0) is 12.1. The topological polar surface area (TPSA) is 67.3 Å². The normalized spacial score (nSPS) is 9.75. The van der Waals surface area contributed by atoms with Crippen molar-refractivity contribution in [3.05, 3.63) is 11.9 Å². The number of anilines is 2. The molecular weight excluding hydrogens is 208 g/mol. The highest BCUT2D eigenvalue weighted by Crippen LogP contribution is 2.12. The number of carbonyl (C=O) groups is 1. The van der Waals surface area contributed by atoms with E-state index < -0.39 is 0 Å². The SMILES string of the molecule is COC(=O)CNc1cc(N(C)C)nc(C)n1. The van der Waals surface area contributed by atoms with Gasteiger partial charge in [0.2, 0.25) is 0 Å². The Morgan fingerprint density at radius 2 is 2.19 bits per heavy atom. The Kier molecular flexibility index (Phi) is 4.04. The van der Waals surface area contributed by atoms with Gasteiger partial charge in [0.25, 0.3) is 0 Å². The van der Waals surface area contributed by atoms with E-state index in [2.05, 4.69) is 20.0 Å². The van der Waals surface area contributed by atoms with Gasteiger partial charge in [-0.2, -0.15) is 0 Å². The third-order valence-electron chi connectivity index (χ3n) is 1.92. The molecule has 1 aromatic rings. The van der Waals surface area contributed by atoms with Crippen molar-refractivity contribution in [2.75, 3.05) is 38.0 Å². The lowest BCUT2D eigenvalue weighted by Gasteiger charge is -2.13. The maximum Gasteiger partial charge on any atom is 0.325 e. The van der Waals surface area contributed by atoms with Crippen LogP contribution in [-0.4, -0.2) is 43.7 Å². The molecule has 0 amide bonds. The molecule has 1 aromatic heterocycles. The fraction of sp³-hybridized carbons (Fsp3) is 0.500. The van der Waals surface area contributed by atoms with E-state index in [1.54, 1.807) is 13.0 Å². The van der Waals surface area contributed by atoms with Gasteiger partial charge in [0.15, 0.2) is 0 Å². The summed E-state index contributed by atoms with van der Waals surface area (Å²) in [5.74, 6) is 1.72. The molecule has 0 bridgehead atoms. The minimum absolute atomic E-state index is 0.0970. The smallest absolute Gasteiger partial charge is 0.325 e. The zero-order valence-corrected chi connectivity index (χ0v) is 9.94. The van der Waals surface area contributed by atoms with Crippen LogP contribution in [0.4, 0.5) is 11.6 Å².